The predicted molar refractivity (Wildman–Crippen MR) is 52.2 cm³/mol. The molecule has 2 heterocycles. The van der Waals surface area contributed by atoms with E-state index in [-0.39, 0.29) is 11.8 Å². The van der Waals surface area contributed by atoms with Crippen LogP contribution in [0.15, 0.2) is 22.0 Å². The molecule has 0 aromatic carbocycles. The van der Waals surface area contributed by atoms with Crippen molar-refractivity contribution in [2.75, 3.05) is 0 Å². The standard InChI is InChI=1S/C10H14N2O2/c1-2-5-8-6-3-4-7-9-11-14-10(13)12(8)9/h2,8H,1,3-7H2. The minimum absolute atomic E-state index is 0.198. The highest BCUT2D eigenvalue weighted by molar-refractivity contribution is 4.93. The Balaban J connectivity index is 2.39. The largest absolute Gasteiger partial charge is 0.441 e. The summed E-state index contributed by atoms with van der Waals surface area (Å²) in [5, 5.41) is 3.79. The molecule has 0 amide bonds. The first-order valence-corrected chi connectivity index (χ1v) is 5.01. The van der Waals surface area contributed by atoms with Crippen molar-refractivity contribution in [3.8, 4) is 0 Å². The van der Waals surface area contributed by atoms with E-state index in [0.717, 1.165) is 37.9 Å². The van der Waals surface area contributed by atoms with Gasteiger partial charge in [-0.3, -0.25) is 9.09 Å². The molecule has 1 atom stereocenters. The molecular weight excluding hydrogens is 180 g/mol. The number of fused-ring (bicyclic) bond motifs is 1. The van der Waals surface area contributed by atoms with Gasteiger partial charge in [-0.1, -0.05) is 17.7 Å². The van der Waals surface area contributed by atoms with Crippen molar-refractivity contribution >= 4 is 0 Å². The summed E-state index contributed by atoms with van der Waals surface area (Å²) < 4.78 is 6.36. The molecule has 0 saturated carbocycles. The average molecular weight is 194 g/mol. The molecule has 2 rings (SSSR count). The van der Waals surface area contributed by atoms with E-state index in [4.69, 9.17) is 0 Å². The quantitative estimate of drug-likeness (QED) is 0.673. The van der Waals surface area contributed by atoms with Crippen LogP contribution >= 0.6 is 0 Å². The van der Waals surface area contributed by atoms with Gasteiger partial charge in [-0.05, 0) is 19.3 Å². The topological polar surface area (TPSA) is 48.0 Å². The first-order chi connectivity index (χ1) is 6.83. The molecule has 0 spiro atoms. The third kappa shape index (κ3) is 1.52. The highest BCUT2D eigenvalue weighted by atomic mass is 16.5. The van der Waals surface area contributed by atoms with Crippen molar-refractivity contribution in [3.05, 3.63) is 29.0 Å². The number of allylic oxidation sites excluding steroid dienone is 1. The smallest absolute Gasteiger partial charge is 0.296 e. The summed E-state index contributed by atoms with van der Waals surface area (Å²) in [5.41, 5.74) is 0. The zero-order valence-electron chi connectivity index (χ0n) is 8.11. The van der Waals surface area contributed by atoms with Gasteiger partial charge in [0.15, 0.2) is 5.82 Å². The molecule has 1 unspecified atom stereocenters. The fourth-order valence-corrected chi connectivity index (χ4v) is 2.02. The van der Waals surface area contributed by atoms with Crippen LogP contribution in [0.25, 0.3) is 0 Å². The van der Waals surface area contributed by atoms with Gasteiger partial charge in [0.1, 0.15) is 0 Å². The van der Waals surface area contributed by atoms with Crippen molar-refractivity contribution in [2.45, 2.75) is 38.1 Å². The molecule has 4 nitrogen and oxygen atoms in total. The molecule has 1 aromatic heterocycles. The van der Waals surface area contributed by atoms with Gasteiger partial charge in [0.05, 0.1) is 0 Å². The van der Waals surface area contributed by atoms with Crippen LogP contribution in [0.5, 0.6) is 0 Å². The number of hydrogen-bond acceptors (Lipinski definition) is 3. The van der Waals surface area contributed by atoms with Crippen molar-refractivity contribution in [2.24, 2.45) is 0 Å². The summed E-state index contributed by atoms with van der Waals surface area (Å²) in [6, 6.07) is 0.198. The Bertz CT molecular complexity index is 378. The van der Waals surface area contributed by atoms with Gasteiger partial charge in [0.25, 0.3) is 0 Å². The molecule has 1 aliphatic rings. The van der Waals surface area contributed by atoms with Gasteiger partial charge in [-0.2, -0.15) is 0 Å². The SMILES string of the molecule is C=CCC1CCCCc2noc(=O)n21. The van der Waals surface area contributed by atoms with E-state index in [0.29, 0.717) is 0 Å². The first-order valence-electron chi connectivity index (χ1n) is 5.01. The van der Waals surface area contributed by atoms with Crippen LogP contribution in [0.1, 0.15) is 37.5 Å². The Kier molecular flexibility index (Phi) is 2.52. The van der Waals surface area contributed by atoms with Gasteiger partial charge in [-0.25, -0.2) is 4.79 Å². The number of hydrogen-bond donors (Lipinski definition) is 0. The summed E-state index contributed by atoms with van der Waals surface area (Å²) in [4.78, 5) is 11.4. The van der Waals surface area contributed by atoms with E-state index in [1.165, 1.54) is 0 Å². The third-order valence-corrected chi connectivity index (χ3v) is 2.70. The van der Waals surface area contributed by atoms with Crippen LogP contribution in [0.2, 0.25) is 0 Å². The van der Waals surface area contributed by atoms with Crippen LogP contribution < -0.4 is 5.76 Å². The summed E-state index contributed by atoms with van der Waals surface area (Å²) in [5.74, 6) is 0.466. The fraction of sp³-hybridized carbons (Fsp3) is 0.600. The second kappa shape index (κ2) is 3.82. The minimum atomic E-state index is -0.325. The molecule has 0 saturated heterocycles. The van der Waals surface area contributed by atoms with E-state index < -0.39 is 0 Å². The molecule has 0 radical (unpaired) electrons. The van der Waals surface area contributed by atoms with E-state index in [1.807, 2.05) is 6.08 Å². The lowest BCUT2D eigenvalue weighted by Gasteiger charge is -2.12. The summed E-state index contributed by atoms with van der Waals surface area (Å²) in [7, 11) is 0. The summed E-state index contributed by atoms with van der Waals surface area (Å²) in [6.45, 7) is 3.71. The van der Waals surface area contributed by atoms with Crippen LogP contribution in [-0.2, 0) is 6.42 Å². The normalized spacial score (nSPS) is 21.3. The number of aromatic nitrogens is 2. The average Bonchev–Trinajstić information content (AvgIpc) is 2.43. The molecular formula is C10H14N2O2. The maximum Gasteiger partial charge on any atom is 0.441 e. The maximum atomic E-state index is 11.4. The van der Waals surface area contributed by atoms with Crippen LogP contribution in [-0.4, -0.2) is 9.72 Å². The molecule has 14 heavy (non-hydrogen) atoms. The molecule has 0 fully saturated rings. The number of aryl methyl sites for hydroxylation is 1. The van der Waals surface area contributed by atoms with E-state index >= 15 is 0 Å². The minimum Gasteiger partial charge on any atom is -0.296 e. The predicted octanol–water partition coefficient (Wildman–Crippen LogP) is 1.68. The van der Waals surface area contributed by atoms with Gasteiger partial charge in [0.2, 0.25) is 0 Å². The van der Waals surface area contributed by atoms with Crippen molar-refractivity contribution in [1.82, 2.24) is 9.72 Å². The lowest BCUT2D eigenvalue weighted by Crippen LogP contribution is -2.21. The van der Waals surface area contributed by atoms with Gasteiger partial charge in [0, 0.05) is 12.5 Å². The summed E-state index contributed by atoms with van der Waals surface area (Å²) >= 11 is 0. The van der Waals surface area contributed by atoms with Gasteiger partial charge in [-0.15, -0.1) is 6.58 Å². The second-order valence-electron chi connectivity index (χ2n) is 3.66. The molecule has 1 aliphatic heterocycles. The number of rotatable bonds is 2. The van der Waals surface area contributed by atoms with Crippen molar-refractivity contribution < 1.29 is 4.52 Å². The molecule has 0 bridgehead atoms. The highest BCUT2D eigenvalue weighted by Gasteiger charge is 2.21. The zero-order chi connectivity index (χ0) is 9.97. The molecule has 0 N–H and O–H groups in total. The molecule has 0 aliphatic carbocycles. The van der Waals surface area contributed by atoms with E-state index in [1.54, 1.807) is 4.57 Å². The van der Waals surface area contributed by atoms with Crippen molar-refractivity contribution in [3.63, 3.8) is 0 Å². The summed E-state index contributed by atoms with van der Waals surface area (Å²) in [6.07, 6.45) is 6.74. The highest BCUT2D eigenvalue weighted by Crippen LogP contribution is 2.23. The first kappa shape index (κ1) is 9.24. The monoisotopic (exact) mass is 194 g/mol. The molecule has 76 valence electrons. The molecule has 4 heteroatoms. The van der Waals surface area contributed by atoms with Crippen LogP contribution in [0, 0.1) is 0 Å². The zero-order valence-corrected chi connectivity index (χ0v) is 8.11. The number of nitrogens with zero attached hydrogens (tertiary/aromatic N) is 2. The van der Waals surface area contributed by atoms with E-state index in [2.05, 4.69) is 16.3 Å². The van der Waals surface area contributed by atoms with Gasteiger partial charge >= 0.3 is 5.76 Å². The van der Waals surface area contributed by atoms with Crippen molar-refractivity contribution in [1.29, 1.82) is 0 Å². The second-order valence-corrected chi connectivity index (χ2v) is 3.66. The van der Waals surface area contributed by atoms with Crippen LogP contribution in [0.4, 0.5) is 0 Å². The Morgan fingerprint density at radius 3 is 3.29 bits per heavy atom. The fourth-order valence-electron chi connectivity index (χ4n) is 2.02. The lowest BCUT2D eigenvalue weighted by molar-refractivity contribution is 0.353. The molecule has 1 aromatic rings. The Hall–Kier alpha value is -1.32. The Morgan fingerprint density at radius 1 is 1.64 bits per heavy atom. The maximum absolute atomic E-state index is 11.4. The lowest BCUT2D eigenvalue weighted by atomic mass is 10.1. The van der Waals surface area contributed by atoms with Crippen LogP contribution in [0.3, 0.4) is 0 Å². The Labute approximate surface area is 82.2 Å². The third-order valence-electron chi connectivity index (χ3n) is 2.70. The van der Waals surface area contributed by atoms with E-state index in [9.17, 15) is 4.79 Å². The van der Waals surface area contributed by atoms with Gasteiger partial charge < -0.3 is 0 Å². The Morgan fingerprint density at radius 2 is 2.50 bits per heavy atom.